The van der Waals surface area contributed by atoms with E-state index in [1.54, 1.807) is 17.2 Å². The number of benzene rings is 1. The lowest BCUT2D eigenvalue weighted by Crippen LogP contribution is -2.52. The molecule has 1 fully saturated rings. The largest absolute Gasteiger partial charge is 0.416 e. The molecule has 0 saturated carbocycles. The molecule has 152 valence electrons. The van der Waals surface area contributed by atoms with E-state index in [9.17, 15) is 18.0 Å². The van der Waals surface area contributed by atoms with E-state index in [4.69, 9.17) is 0 Å². The monoisotopic (exact) mass is 395 g/mol. The highest BCUT2D eigenvalue weighted by molar-refractivity contribution is 5.74. The van der Waals surface area contributed by atoms with Gasteiger partial charge in [-0.15, -0.1) is 0 Å². The molecule has 1 aliphatic heterocycles. The van der Waals surface area contributed by atoms with Gasteiger partial charge in [0.15, 0.2) is 0 Å². The fourth-order valence-electron chi connectivity index (χ4n) is 3.21. The zero-order valence-corrected chi connectivity index (χ0v) is 15.7. The van der Waals surface area contributed by atoms with Crippen LogP contribution in [0.25, 0.3) is 0 Å². The van der Waals surface area contributed by atoms with Crippen LogP contribution in [0.1, 0.15) is 12.5 Å². The lowest BCUT2D eigenvalue weighted by Gasteiger charge is -2.36. The lowest BCUT2D eigenvalue weighted by atomic mass is 10.1. The summed E-state index contributed by atoms with van der Waals surface area (Å²) in [7, 11) is 0. The number of anilines is 1. The molecule has 1 aromatic heterocycles. The maximum atomic E-state index is 12.9. The summed E-state index contributed by atoms with van der Waals surface area (Å²) in [4.78, 5) is 15.9. The Labute approximate surface area is 161 Å². The Hall–Kier alpha value is -2.71. The third-order valence-corrected chi connectivity index (χ3v) is 4.77. The van der Waals surface area contributed by atoms with Crippen LogP contribution in [0.2, 0.25) is 0 Å². The summed E-state index contributed by atoms with van der Waals surface area (Å²) in [5, 5.41) is 7.08. The van der Waals surface area contributed by atoms with Gasteiger partial charge in [-0.1, -0.05) is 13.0 Å². The quantitative estimate of drug-likeness (QED) is 0.847. The lowest BCUT2D eigenvalue weighted by molar-refractivity contribution is -0.137. The molecule has 1 aliphatic rings. The maximum absolute atomic E-state index is 12.9. The van der Waals surface area contributed by atoms with Gasteiger partial charge in [-0.25, -0.2) is 4.79 Å². The second kappa shape index (κ2) is 8.53. The van der Waals surface area contributed by atoms with Gasteiger partial charge in [0.05, 0.1) is 5.56 Å². The summed E-state index contributed by atoms with van der Waals surface area (Å²) < 4.78 is 40.5. The van der Waals surface area contributed by atoms with Crippen molar-refractivity contribution in [3.8, 4) is 0 Å². The molecule has 1 unspecified atom stereocenters. The molecule has 1 aromatic carbocycles. The van der Waals surface area contributed by atoms with Gasteiger partial charge < -0.3 is 15.1 Å². The first kappa shape index (κ1) is 20.0. The van der Waals surface area contributed by atoms with Crippen molar-refractivity contribution in [2.75, 3.05) is 37.6 Å². The molecule has 9 heteroatoms. The Bertz CT molecular complexity index is 770. The molecule has 28 heavy (non-hydrogen) atoms. The van der Waals surface area contributed by atoms with E-state index < -0.39 is 11.7 Å². The van der Waals surface area contributed by atoms with E-state index in [1.807, 2.05) is 28.8 Å². The van der Waals surface area contributed by atoms with Crippen molar-refractivity contribution in [3.63, 3.8) is 0 Å². The highest BCUT2D eigenvalue weighted by Gasteiger charge is 2.31. The van der Waals surface area contributed by atoms with Gasteiger partial charge in [-0.05, 0) is 30.2 Å². The van der Waals surface area contributed by atoms with Crippen LogP contribution in [0, 0.1) is 5.92 Å². The first-order valence-corrected chi connectivity index (χ1v) is 9.25. The van der Waals surface area contributed by atoms with Gasteiger partial charge in [0.25, 0.3) is 0 Å². The smallest absolute Gasteiger partial charge is 0.368 e. The van der Waals surface area contributed by atoms with E-state index in [1.165, 1.54) is 6.07 Å². The number of aromatic nitrogens is 2. The number of amides is 2. The summed E-state index contributed by atoms with van der Waals surface area (Å²) in [6, 6.07) is 7.02. The summed E-state index contributed by atoms with van der Waals surface area (Å²) in [5.41, 5.74) is -0.126. The van der Waals surface area contributed by atoms with E-state index in [-0.39, 0.29) is 11.9 Å². The van der Waals surface area contributed by atoms with Crippen molar-refractivity contribution in [3.05, 3.63) is 48.3 Å². The van der Waals surface area contributed by atoms with E-state index >= 15 is 0 Å². The molecule has 0 spiro atoms. The molecule has 0 aliphatic carbocycles. The second-order valence-corrected chi connectivity index (χ2v) is 7.04. The zero-order valence-electron chi connectivity index (χ0n) is 15.7. The van der Waals surface area contributed by atoms with Gasteiger partial charge in [-0.2, -0.15) is 18.3 Å². The van der Waals surface area contributed by atoms with Gasteiger partial charge in [0.1, 0.15) is 0 Å². The standard InChI is InChI=1S/C19H24F3N5O/c1-15(14-27-7-3-6-24-27)13-23-18(28)26-10-8-25(9-11-26)17-5-2-4-16(12-17)19(20,21)22/h2-7,12,15H,8-11,13-14H2,1H3,(H,23,28). The SMILES string of the molecule is CC(CNC(=O)N1CCN(c2cccc(C(F)(F)F)c2)CC1)Cn1cccn1. The van der Waals surface area contributed by atoms with Crippen molar-refractivity contribution in [1.82, 2.24) is 20.0 Å². The molecule has 2 amide bonds. The average Bonchev–Trinajstić information content (AvgIpc) is 3.18. The summed E-state index contributed by atoms with van der Waals surface area (Å²) in [6.45, 7) is 5.22. The maximum Gasteiger partial charge on any atom is 0.416 e. The predicted octanol–water partition coefficient (Wildman–Crippen LogP) is 3.07. The van der Waals surface area contributed by atoms with Crippen molar-refractivity contribution in [1.29, 1.82) is 0 Å². The Kier molecular flexibility index (Phi) is 6.11. The molecule has 6 nitrogen and oxygen atoms in total. The Balaban J connectivity index is 1.46. The number of piperazine rings is 1. The third kappa shape index (κ3) is 5.17. The fourth-order valence-corrected chi connectivity index (χ4v) is 3.21. The van der Waals surface area contributed by atoms with E-state index in [0.29, 0.717) is 38.4 Å². The number of carbonyl (C=O) groups excluding carboxylic acids is 1. The first-order valence-electron chi connectivity index (χ1n) is 9.25. The van der Waals surface area contributed by atoms with Gasteiger partial charge in [0.2, 0.25) is 0 Å². The molecule has 1 saturated heterocycles. The Morgan fingerprint density at radius 1 is 1.21 bits per heavy atom. The highest BCUT2D eigenvalue weighted by atomic mass is 19.4. The van der Waals surface area contributed by atoms with Crippen LogP contribution >= 0.6 is 0 Å². The highest BCUT2D eigenvalue weighted by Crippen LogP contribution is 2.31. The van der Waals surface area contributed by atoms with Gasteiger partial charge in [0, 0.05) is 57.3 Å². The summed E-state index contributed by atoms with van der Waals surface area (Å²) in [5.74, 6) is 0.232. The normalized spacial score (nSPS) is 16.1. The Morgan fingerprint density at radius 2 is 1.96 bits per heavy atom. The molecule has 0 bridgehead atoms. The predicted molar refractivity (Wildman–Crippen MR) is 100 cm³/mol. The van der Waals surface area contributed by atoms with Crippen molar-refractivity contribution < 1.29 is 18.0 Å². The fraction of sp³-hybridized carbons (Fsp3) is 0.474. The van der Waals surface area contributed by atoms with Crippen LogP contribution in [0.4, 0.5) is 23.7 Å². The molecule has 1 atom stereocenters. The molecule has 2 aromatic rings. The number of nitrogens with zero attached hydrogens (tertiary/aromatic N) is 4. The number of urea groups is 1. The zero-order chi connectivity index (χ0) is 20.1. The molecular weight excluding hydrogens is 371 g/mol. The molecule has 2 heterocycles. The topological polar surface area (TPSA) is 53.4 Å². The molecule has 3 rings (SSSR count). The van der Waals surface area contributed by atoms with Crippen LogP contribution in [0.5, 0.6) is 0 Å². The number of hydrogen-bond acceptors (Lipinski definition) is 3. The van der Waals surface area contributed by atoms with E-state index in [0.717, 1.165) is 18.7 Å². The van der Waals surface area contributed by atoms with Crippen LogP contribution in [-0.2, 0) is 12.7 Å². The van der Waals surface area contributed by atoms with Crippen LogP contribution in [-0.4, -0.2) is 53.4 Å². The van der Waals surface area contributed by atoms with Crippen LogP contribution in [0.15, 0.2) is 42.7 Å². The van der Waals surface area contributed by atoms with Crippen molar-refractivity contribution in [2.24, 2.45) is 5.92 Å². The summed E-state index contributed by atoms with van der Waals surface area (Å²) >= 11 is 0. The van der Waals surface area contributed by atoms with Crippen molar-refractivity contribution in [2.45, 2.75) is 19.6 Å². The van der Waals surface area contributed by atoms with E-state index in [2.05, 4.69) is 10.4 Å². The molecule has 0 radical (unpaired) electrons. The Morgan fingerprint density at radius 3 is 2.61 bits per heavy atom. The minimum absolute atomic E-state index is 0.143. The minimum atomic E-state index is -4.36. The average molecular weight is 395 g/mol. The number of carbonyl (C=O) groups is 1. The number of rotatable bonds is 5. The van der Waals surface area contributed by atoms with Gasteiger partial charge in [-0.3, -0.25) is 4.68 Å². The number of alkyl halides is 3. The van der Waals surface area contributed by atoms with Gasteiger partial charge >= 0.3 is 12.2 Å². The minimum Gasteiger partial charge on any atom is -0.368 e. The number of hydrogen-bond donors (Lipinski definition) is 1. The molecular formula is C19H24F3N5O. The number of halogens is 3. The van der Waals surface area contributed by atoms with Crippen LogP contribution < -0.4 is 10.2 Å². The molecule has 1 N–H and O–H groups in total. The first-order chi connectivity index (χ1) is 13.3. The second-order valence-electron chi connectivity index (χ2n) is 7.04. The number of nitrogens with one attached hydrogen (secondary N) is 1. The third-order valence-electron chi connectivity index (χ3n) is 4.77. The van der Waals surface area contributed by atoms with Crippen LogP contribution in [0.3, 0.4) is 0 Å². The van der Waals surface area contributed by atoms with Crippen molar-refractivity contribution >= 4 is 11.7 Å². The summed E-state index contributed by atoms with van der Waals surface area (Å²) in [6.07, 6.45) is -0.759.